The van der Waals surface area contributed by atoms with Gasteiger partial charge in [-0.1, -0.05) is 25.7 Å². The summed E-state index contributed by atoms with van der Waals surface area (Å²) in [6, 6.07) is 1.04. The molecule has 4 rings (SSSR count). The highest BCUT2D eigenvalue weighted by molar-refractivity contribution is 5.85. The van der Waals surface area contributed by atoms with Gasteiger partial charge in [-0.05, 0) is 38.0 Å². The molecule has 126 valence electrons. The molecule has 5 heteroatoms. The lowest BCUT2D eigenvalue weighted by Crippen LogP contribution is -2.58. The molecular formula is C17H29ClN2O2. The summed E-state index contributed by atoms with van der Waals surface area (Å²) in [6.07, 6.45) is 11.4. The third-order valence-electron chi connectivity index (χ3n) is 6.18. The maximum Gasteiger partial charge on any atom is 0.240 e. The molecule has 4 nitrogen and oxygen atoms in total. The predicted molar refractivity (Wildman–Crippen MR) is 88.2 cm³/mol. The molecule has 0 aromatic rings. The first-order chi connectivity index (χ1) is 10.3. The van der Waals surface area contributed by atoms with Crippen molar-refractivity contribution in [3.05, 3.63) is 0 Å². The van der Waals surface area contributed by atoms with Crippen LogP contribution in [0, 0.1) is 5.92 Å². The molecule has 0 spiro atoms. The Hall–Kier alpha value is -0.320. The van der Waals surface area contributed by atoms with Crippen molar-refractivity contribution in [1.29, 1.82) is 0 Å². The topological polar surface area (TPSA) is 41.6 Å². The lowest BCUT2D eigenvalue weighted by molar-refractivity contribution is -0.151. The summed E-state index contributed by atoms with van der Waals surface area (Å²) in [6.45, 7) is 1.53. The molecule has 0 radical (unpaired) electrons. The van der Waals surface area contributed by atoms with Crippen molar-refractivity contribution in [3.63, 3.8) is 0 Å². The van der Waals surface area contributed by atoms with E-state index in [1.54, 1.807) is 0 Å². The Bertz CT molecular complexity index is 390. The van der Waals surface area contributed by atoms with E-state index in [1.165, 1.54) is 38.5 Å². The fourth-order valence-corrected chi connectivity index (χ4v) is 5.08. The summed E-state index contributed by atoms with van der Waals surface area (Å²) in [4.78, 5) is 15.2. The Balaban J connectivity index is 0.00000144. The highest BCUT2D eigenvalue weighted by Gasteiger charge is 2.43. The number of rotatable bonds is 1. The molecule has 2 saturated carbocycles. The lowest BCUT2D eigenvalue weighted by atomic mass is 9.85. The normalized spacial score (nSPS) is 41.3. The van der Waals surface area contributed by atoms with Crippen LogP contribution in [0.25, 0.3) is 0 Å². The van der Waals surface area contributed by atoms with E-state index in [0.717, 1.165) is 38.3 Å². The molecule has 5 unspecified atom stereocenters. The van der Waals surface area contributed by atoms with E-state index in [4.69, 9.17) is 4.74 Å². The van der Waals surface area contributed by atoms with Gasteiger partial charge in [0.1, 0.15) is 0 Å². The summed E-state index contributed by atoms with van der Waals surface area (Å²) < 4.78 is 5.91. The molecule has 2 aliphatic carbocycles. The Morgan fingerprint density at radius 1 is 1.05 bits per heavy atom. The largest absolute Gasteiger partial charge is 0.374 e. The van der Waals surface area contributed by atoms with Crippen LogP contribution in [0.1, 0.15) is 57.8 Å². The molecule has 0 aromatic heterocycles. The first kappa shape index (κ1) is 16.5. The maximum atomic E-state index is 13.0. The van der Waals surface area contributed by atoms with E-state index in [0.29, 0.717) is 24.1 Å². The molecule has 2 saturated heterocycles. The molecular weight excluding hydrogens is 300 g/mol. The van der Waals surface area contributed by atoms with E-state index in [1.807, 2.05) is 0 Å². The molecule has 22 heavy (non-hydrogen) atoms. The lowest BCUT2D eigenvalue weighted by Gasteiger charge is -2.44. The minimum atomic E-state index is 0. The van der Waals surface area contributed by atoms with Crippen LogP contribution >= 0.6 is 12.4 Å². The van der Waals surface area contributed by atoms with Crippen molar-refractivity contribution < 1.29 is 9.53 Å². The number of nitrogens with zero attached hydrogens (tertiary/aromatic N) is 1. The summed E-state index contributed by atoms with van der Waals surface area (Å²) in [5.74, 6) is 1.11. The second-order valence-electron chi connectivity index (χ2n) is 7.40. The number of ether oxygens (including phenoxy) is 1. The first-order valence-electron chi connectivity index (χ1n) is 9.01. The molecule has 0 bridgehead atoms. The van der Waals surface area contributed by atoms with Crippen LogP contribution in [0.5, 0.6) is 0 Å². The quantitative estimate of drug-likeness (QED) is 0.804. The van der Waals surface area contributed by atoms with Crippen molar-refractivity contribution >= 4 is 18.3 Å². The van der Waals surface area contributed by atoms with Gasteiger partial charge >= 0.3 is 0 Å². The van der Waals surface area contributed by atoms with E-state index in [-0.39, 0.29) is 18.4 Å². The van der Waals surface area contributed by atoms with Crippen molar-refractivity contribution in [3.8, 4) is 0 Å². The third-order valence-corrected chi connectivity index (χ3v) is 6.18. The molecule has 1 amide bonds. The van der Waals surface area contributed by atoms with Crippen LogP contribution in [0.4, 0.5) is 0 Å². The Morgan fingerprint density at radius 2 is 1.82 bits per heavy atom. The number of hydrogen-bond acceptors (Lipinski definition) is 3. The van der Waals surface area contributed by atoms with Gasteiger partial charge in [-0.2, -0.15) is 0 Å². The number of carbonyl (C=O) groups is 1. The maximum absolute atomic E-state index is 13.0. The highest BCUT2D eigenvalue weighted by atomic mass is 35.5. The van der Waals surface area contributed by atoms with Gasteiger partial charge in [0.15, 0.2) is 0 Å². The highest BCUT2D eigenvalue weighted by Crippen LogP contribution is 2.35. The minimum absolute atomic E-state index is 0. The van der Waals surface area contributed by atoms with E-state index < -0.39 is 0 Å². The molecule has 2 aliphatic heterocycles. The van der Waals surface area contributed by atoms with Gasteiger partial charge < -0.3 is 15.0 Å². The minimum Gasteiger partial charge on any atom is -0.374 e. The third kappa shape index (κ3) is 3.02. The van der Waals surface area contributed by atoms with Crippen LogP contribution in [-0.2, 0) is 9.53 Å². The fraction of sp³-hybridized carbons (Fsp3) is 0.941. The fourth-order valence-electron chi connectivity index (χ4n) is 5.08. The van der Waals surface area contributed by atoms with Crippen molar-refractivity contribution in [1.82, 2.24) is 10.2 Å². The van der Waals surface area contributed by atoms with Gasteiger partial charge in [0.2, 0.25) is 5.91 Å². The van der Waals surface area contributed by atoms with Gasteiger partial charge in [0.05, 0.1) is 24.8 Å². The standard InChI is InChI=1S/C17H28N2O2.ClH/c20-17(14-11-12-5-1-2-6-13(12)18-14)19-9-10-21-16-8-4-3-7-15(16)19;/h12-16,18H,1-11H2;1H. The number of hydrogen-bond donors (Lipinski definition) is 1. The number of halogens is 1. The number of nitrogens with one attached hydrogen (secondary N) is 1. The van der Waals surface area contributed by atoms with Crippen LogP contribution in [0.15, 0.2) is 0 Å². The zero-order chi connectivity index (χ0) is 14.2. The van der Waals surface area contributed by atoms with Gasteiger partial charge in [0, 0.05) is 12.6 Å². The number of amides is 1. The Morgan fingerprint density at radius 3 is 2.68 bits per heavy atom. The van der Waals surface area contributed by atoms with Crippen LogP contribution < -0.4 is 5.32 Å². The SMILES string of the molecule is Cl.O=C(C1CC2CCCCC2N1)N1CCOC2CCCCC21. The van der Waals surface area contributed by atoms with Gasteiger partial charge in [-0.3, -0.25) is 4.79 Å². The molecule has 1 N–H and O–H groups in total. The second kappa shape index (κ2) is 7.06. The van der Waals surface area contributed by atoms with E-state index >= 15 is 0 Å². The van der Waals surface area contributed by atoms with Crippen LogP contribution in [0.3, 0.4) is 0 Å². The average molecular weight is 329 g/mol. The summed E-state index contributed by atoms with van der Waals surface area (Å²) in [5.41, 5.74) is 0. The summed E-state index contributed by atoms with van der Waals surface area (Å²) in [5, 5.41) is 3.65. The number of fused-ring (bicyclic) bond motifs is 2. The average Bonchev–Trinajstić information content (AvgIpc) is 2.97. The molecule has 0 aromatic carbocycles. The number of carbonyl (C=O) groups excluding carboxylic acids is 1. The second-order valence-corrected chi connectivity index (χ2v) is 7.40. The van der Waals surface area contributed by atoms with E-state index in [9.17, 15) is 4.79 Å². The number of morpholine rings is 1. The Labute approximate surface area is 139 Å². The van der Waals surface area contributed by atoms with E-state index in [2.05, 4.69) is 10.2 Å². The zero-order valence-electron chi connectivity index (χ0n) is 13.3. The van der Waals surface area contributed by atoms with Gasteiger partial charge in [-0.15, -0.1) is 12.4 Å². The first-order valence-corrected chi connectivity index (χ1v) is 9.01. The monoisotopic (exact) mass is 328 g/mol. The summed E-state index contributed by atoms with van der Waals surface area (Å²) in [7, 11) is 0. The van der Waals surface area contributed by atoms with Crippen molar-refractivity contribution in [2.24, 2.45) is 5.92 Å². The van der Waals surface area contributed by atoms with Crippen molar-refractivity contribution in [2.45, 2.75) is 82.0 Å². The smallest absolute Gasteiger partial charge is 0.240 e. The Kier molecular flexibility index (Phi) is 5.31. The predicted octanol–water partition coefficient (Wildman–Crippen LogP) is 2.50. The van der Waals surface area contributed by atoms with Gasteiger partial charge in [0.25, 0.3) is 0 Å². The van der Waals surface area contributed by atoms with Crippen LogP contribution in [0.2, 0.25) is 0 Å². The zero-order valence-corrected chi connectivity index (χ0v) is 14.2. The molecule has 5 atom stereocenters. The molecule has 2 heterocycles. The van der Waals surface area contributed by atoms with Crippen molar-refractivity contribution in [2.75, 3.05) is 13.2 Å². The van der Waals surface area contributed by atoms with Crippen LogP contribution in [-0.4, -0.2) is 48.2 Å². The molecule has 4 aliphatic rings. The molecule has 4 fully saturated rings. The summed E-state index contributed by atoms with van der Waals surface area (Å²) >= 11 is 0. The van der Waals surface area contributed by atoms with Gasteiger partial charge in [-0.25, -0.2) is 0 Å².